The summed E-state index contributed by atoms with van der Waals surface area (Å²) < 4.78 is 42.7. The number of nitrogens with zero attached hydrogens (tertiary/aromatic N) is 4. The van der Waals surface area contributed by atoms with E-state index in [0.717, 1.165) is 15.3 Å². The largest absolute Gasteiger partial charge is 0.424 e. The molecule has 30 heavy (non-hydrogen) atoms. The van der Waals surface area contributed by atoms with Crippen molar-refractivity contribution in [2.24, 2.45) is 7.05 Å². The van der Waals surface area contributed by atoms with E-state index in [1.165, 1.54) is 13.2 Å². The van der Waals surface area contributed by atoms with E-state index in [-0.39, 0.29) is 0 Å². The summed E-state index contributed by atoms with van der Waals surface area (Å²) in [6.45, 7) is 0.677. The zero-order valence-corrected chi connectivity index (χ0v) is 16.3. The summed E-state index contributed by atoms with van der Waals surface area (Å²) in [4.78, 5) is 32.7. The average Bonchev–Trinajstić information content (AvgIpc) is 3.10. The van der Waals surface area contributed by atoms with Gasteiger partial charge in [0.25, 0.3) is 5.56 Å². The van der Waals surface area contributed by atoms with Gasteiger partial charge in [0.1, 0.15) is 18.2 Å². The fourth-order valence-electron chi connectivity index (χ4n) is 3.19. The van der Waals surface area contributed by atoms with Gasteiger partial charge in [-0.05, 0) is 19.1 Å². The van der Waals surface area contributed by atoms with Gasteiger partial charge in [0, 0.05) is 32.4 Å². The van der Waals surface area contributed by atoms with Crippen LogP contribution in [0.2, 0.25) is 0 Å². The van der Waals surface area contributed by atoms with Gasteiger partial charge in [-0.25, -0.2) is 9.97 Å². The number of aromatic nitrogens is 4. The quantitative estimate of drug-likeness (QED) is 0.624. The van der Waals surface area contributed by atoms with Crippen molar-refractivity contribution in [3.8, 4) is 0 Å². The second-order valence-electron chi connectivity index (χ2n) is 6.89. The molecule has 0 spiro atoms. The molecular weight excluding hydrogens is 403 g/mol. The van der Waals surface area contributed by atoms with Crippen LogP contribution in [0.25, 0.3) is 10.9 Å². The van der Waals surface area contributed by atoms with Crippen LogP contribution in [-0.2, 0) is 24.0 Å². The fourth-order valence-corrected chi connectivity index (χ4v) is 3.19. The number of hydrogen-bond donors (Lipinski definition) is 2. The van der Waals surface area contributed by atoms with E-state index in [0.29, 0.717) is 16.7 Å². The van der Waals surface area contributed by atoms with Crippen LogP contribution in [0.3, 0.4) is 0 Å². The predicted molar refractivity (Wildman–Crippen MR) is 102 cm³/mol. The highest BCUT2D eigenvalue weighted by molar-refractivity contribution is 5.79. The van der Waals surface area contributed by atoms with Crippen LogP contribution in [0.4, 0.5) is 13.2 Å². The number of imidazole rings is 1. The van der Waals surface area contributed by atoms with E-state index in [9.17, 15) is 27.9 Å². The molecule has 0 fully saturated rings. The Balaban J connectivity index is 1.73. The van der Waals surface area contributed by atoms with Crippen molar-refractivity contribution in [3.05, 3.63) is 58.7 Å². The van der Waals surface area contributed by atoms with Gasteiger partial charge in [0.05, 0.1) is 10.9 Å². The van der Waals surface area contributed by atoms with Crippen molar-refractivity contribution < 1.29 is 23.1 Å². The van der Waals surface area contributed by atoms with Gasteiger partial charge < -0.3 is 15.0 Å². The molecule has 1 unspecified atom stereocenters. The molecule has 2 N–H and O–H groups in total. The zero-order chi connectivity index (χ0) is 22.1. The first-order valence-electron chi connectivity index (χ1n) is 9.04. The third-order valence-corrected chi connectivity index (χ3v) is 4.82. The number of fused-ring (bicyclic) bond motifs is 1. The highest BCUT2D eigenvalue weighted by atomic mass is 19.4. The number of hydrogen-bond acceptors (Lipinski definition) is 5. The van der Waals surface area contributed by atoms with Crippen molar-refractivity contribution in [1.82, 2.24) is 24.4 Å². The monoisotopic (exact) mass is 423 g/mol. The first-order valence-corrected chi connectivity index (χ1v) is 9.04. The lowest BCUT2D eigenvalue weighted by molar-refractivity contribution is -0.272. The number of carbonyl (C=O) groups is 1. The molecule has 3 aromatic rings. The molecule has 1 aromatic carbocycles. The van der Waals surface area contributed by atoms with Crippen LogP contribution in [-0.4, -0.2) is 42.8 Å². The molecule has 8 nitrogen and oxygen atoms in total. The minimum Gasteiger partial charge on any atom is -0.374 e. The highest BCUT2D eigenvalue weighted by Crippen LogP contribution is 2.40. The summed E-state index contributed by atoms with van der Waals surface area (Å²) in [6.07, 6.45) is -3.40. The van der Waals surface area contributed by atoms with Crippen LogP contribution < -0.4 is 10.9 Å². The van der Waals surface area contributed by atoms with Crippen LogP contribution in [0.5, 0.6) is 0 Å². The number of carbonyl (C=O) groups excluding carboxylic acids is 1. The van der Waals surface area contributed by atoms with Gasteiger partial charge in [0.15, 0.2) is 0 Å². The van der Waals surface area contributed by atoms with Gasteiger partial charge in [-0.1, -0.05) is 12.1 Å². The van der Waals surface area contributed by atoms with E-state index in [2.05, 4.69) is 15.3 Å². The molecule has 1 amide bonds. The van der Waals surface area contributed by atoms with Crippen LogP contribution in [0.1, 0.15) is 18.1 Å². The normalized spacial score (nSPS) is 13.9. The van der Waals surface area contributed by atoms with Crippen LogP contribution in [0.15, 0.2) is 41.5 Å². The molecule has 2 aromatic heterocycles. The van der Waals surface area contributed by atoms with Gasteiger partial charge in [-0.3, -0.25) is 14.2 Å². The van der Waals surface area contributed by atoms with Gasteiger partial charge in [-0.15, -0.1) is 0 Å². The lowest BCUT2D eigenvalue weighted by Gasteiger charge is -2.30. The number of benzene rings is 1. The van der Waals surface area contributed by atoms with E-state index < -0.39 is 48.6 Å². The molecule has 2 heterocycles. The SMILES string of the molecule is Cc1nc2ccccc2c(=O)n1CC(=O)NCCC(O)(c1nccn1C)C(F)(F)F. The van der Waals surface area contributed by atoms with E-state index in [1.807, 2.05) is 0 Å². The minimum atomic E-state index is -4.99. The molecule has 3 rings (SSSR count). The van der Waals surface area contributed by atoms with Crippen molar-refractivity contribution in [1.29, 1.82) is 0 Å². The van der Waals surface area contributed by atoms with Gasteiger partial charge in [0.2, 0.25) is 11.5 Å². The molecular formula is C19H20F3N5O3. The van der Waals surface area contributed by atoms with Crippen LogP contribution in [0, 0.1) is 6.92 Å². The molecule has 0 aliphatic rings. The number of rotatable bonds is 6. The predicted octanol–water partition coefficient (Wildman–Crippen LogP) is 1.39. The summed E-state index contributed by atoms with van der Waals surface area (Å²) in [5, 5.41) is 12.9. The number of para-hydroxylation sites is 1. The van der Waals surface area contributed by atoms with Crippen molar-refractivity contribution in [2.45, 2.75) is 31.7 Å². The maximum Gasteiger partial charge on any atom is 0.424 e. The first kappa shape index (κ1) is 21.5. The number of halogens is 3. The van der Waals surface area contributed by atoms with Crippen molar-refractivity contribution >= 4 is 16.8 Å². The molecule has 11 heteroatoms. The Labute approximate surface area is 169 Å². The number of aryl methyl sites for hydroxylation is 2. The molecule has 160 valence electrons. The third kappa shape index (κ3) is 3.92. The Morgan fingerprint density at radius 3 is 2.60 bits per heavy atom. The molecule has 0 aliphatic carbocycles. The number of amides is 1. The number of nitrogens with one attached hydrogen (secondary N) is 1. The summed E-state index contributed by atoms with van der Waals surface area (Å²) in [6, 6.07) is 6.65. The molecule has 0 saturated heterocycles. The van der Waals surface area contributed by atoms with E-state index in [1.54, 1.807) is 31.2 Å². The second kappa shape index (κ2) is 7.90. The maximum absolute atomic E-state index is 13.5. The second-order valence-corrected chi connectivity index (χ2v) is 6.89. The van der Waals surface area contributed by atoms with Gasteiger partial charge >= 0.3 is 6.18 Å². The third-order valence-electron chi connectivity index (χ3n) is 4.82. The summed E-state index contributed by atoms with van der Waals surface area (Å²) >= 11 is 0. The Morgan fingerprint density at radius 2 is 1.97 bits per heavy atom. The molecule has 0 radical (unpaired) electrons. The first-order chi connectivity index (χ1) is 14.0. The minimum absolute atomic E-state index is 0.300. The topological polar surface area (TPSA) is 102 Å². The number of aliphatic hydroxyl groups is 1. The lowest BCUT2D eigenvalue weighted by atomic mass is 9.97. The fraction of sp³-hybridized carbons (Fsp3) is 0.368. The molecule has 0 aliphatic heterocycles. The van der Waals surface area contributed by atoms with Crippen LogP contribution >= 0.6 is 0 Å². The lowest BCUT2D eigenvalue weighted by Crippen LogP contribution is -2.47. The number of alkyl halides is 3. The summed E-state index contributed by atoms with van der Waals surface area (Å²) in [7, 11) is 1.33. The molecule has 0 bridgehead atoms. The Morgan fingerprint density at radius 1 is 1.27 bits per heavy atom. The maximum atomic E-state index is 13.5. The highest BCUT2D eigenvalue weighted by Gasteiger charge is 2.57. The van der Waals surface area contributed by atoms with Crippen molar-refractivity contribution in [2.75, 3.05) is 6.54 Å². The average molecular weight is 423 g/mol. The standard InChI is InChI=1S/C19H20F3N5O3/c1-12-25-14-6-4-3-5-13(14)16(29)27(12)11-15(28)23-8-7-18(30,19(20,21)22)17-24-9-10-26(17)2/h3-6,9-10,30H,7-8,11H2,1-2H3,(H,23,28). The zero-order valence-electron chi connectivity index (χ0n) is 16.3. The van der Waals surface area contributed by atoms with Crippen molar-refractivity contribution in [3.63, 3.8) is 0 Å². The molecule has 0 saturated carbocycles. The summed E-state index contributed by atoms with van der Waals surface area (Å²) in [5.41, 5.74) is -3.16. The Hall–Kier alpha value is -3.21. The molecule has 1 atom stereocenters. The van der Waals surface area contributed by atoms with E-state index >= 15 is 0 Å². The Kier molecular flexibility index (Phi) is 5.66. The Bertz CT molecular complexity index is 1140. The van der Waals surface area contributed by atoms with Gasteiger partial charge in [-0.2, -0.15) is 13.2 Å². The van der Waals surface area contributed by atoms with E-state index in [4.69, 9.17) is 0 Å². The smallest absolute Gasteiger partial charge is 0.374 e. The summed E-state index contributed by atoms with van der Waals surface area (Å²) in [5.74, 6) is -0.953.